The number of aromatic carboxylic acids is 1. The SMILES string of the molecule is CC(C)(OC(=O)c1cccc(C(=O)O)c1)c1ccccc1. The fourth-order valence-corrected chi connectivity index (χ4v) is 1.97. The lowest BCUT2D eigenvalue weighted by atomic mass is 9.98. The predicted molar refractivity (Wildman–Crippen MR) is 78.3 cm³/mol. The van der Waals surface area contributed by atoms with Crippen molar-refractivity contribution in [3.63, 3.8) is 0 Å². The van der Waals surface area contributed by atoms with E-state index in [2.05, 4.69) is 0 Å². The number of ether oxygens (including phenoxy) is 1. The van der Waals surface area contributed by atoms with E-state index in [9.17, 15) is 9.59 Å². The van der Waals surface area contributed by atoms with E-state index in [4.69, 9.17) is 9.84 Å². The van der Waals surface area contributed by atoms with Crippen LogP contribution < -0.4 is 0 Å². The minimum atomic E-state index is -1.08. The Labute approximate surface area is 123 Å². The first kappa shape index (κ1) is 14.8. The summed E-state index contributed by atoms with van der Waals surface area (Å²) < 4.78 is 5.51. The Kier molecular flexibility index (Phi) is 4.08. The zero-order chi connectivity index (χ0) is 15.5. The molecule has 0 heterocycles. The van der Waals surface area contributed by atoms with E-state index in [0.717, 1.165) is 5.56 Å². The highest BCUT2D eigenvalue weighted by Crippen LogP contribution is 2.25. The Balaban J connectivity index is 2.21. The Bertz CT molecular complexity index is 660. The highest BCUT2D eigenvalue weighted by Gasteiger charge is 2.26. The Hall–Kier alpha value is -2.62. The maximum Gasteiger partial charge on any atom is 0.339 e. The number of benzene rings is 2. The van der Waals surface area contributed by atoms with Crippen molar-refractivity contribution < 1.29 is 19.4 Å². The number of hydrogen-bond acceptors (Lipinski definition) is 3. The van der Waals surface area contributed by atoms with Crippen molar-refractivity contribution in [2.75, 3.05) is 0 Å². The summed E-state index contributed by atoms with van der Waals surface area (Å²) in [6, 6.07) is 15.2. The van der Waals surface area contributed by atoms with Crippen molar-refractivity contribution in [3.8, 4) is 0 Å². The molecule has 2 aromatic carbocycles. The minimum Gasteiger partial charge on any atom is -0.478 e. The first-order chi connectivity index (χ1) is 9.90. The van der Waals surface area contributed by atoms with Gasteiger partial charge in [-0.15, -0.1) is 0 Å². The molecule has 1 N–H and O–H groups in total. The molecule has 4 nitrogen and oxygen atoms in total. The molecule has 2 rings (SSSR count). The van der Waals surface area contributed by atoms with E-state index < -0.39 is 17.5 Å². The minimum absolute atomic E-state index is 0.0574. The molecule has 0 saturated carbocycles. The number of carboxylic acid groups (broad SMARTS) is 1. The molecule has 0 saturated heterocycles. The third kappa shape index (κ3) is 3.48. The fourth-order valence-electron chi connectivity index (χ4n) is 1.97. The number of carboxylic acids is 1. The maximum absolute atomic E-state index is 12.2. The van der Waals surface area contributed by atoms with E-state index >= 15 is 0 Å². The lowest BCUT2D eigenvalue weighted by molar-refractivity contribution is -0.00312. The van der Waals surface area contributed by atoms with Gasteiger partial charge in [0.1, 0.15) is 5.60 Å². The van der Waals surface area contributed by atoms with Crippen LogP contribution >= 0.6 is 0 Å². The number of rotatable bonds is 4. The van der Waals surface area contributed by atoms with Crippen LogP contribution in [0.1, 0.15) is 40.1 Å². The van der Waals surface area contributed by atoms with E-state index in [-0.39, 0.29) is 11.1 Å². The van der Waals surface area contributed by atoms with Crippen LogP contribution in [-0.2, 0) is 10.3 Å². The quantitative estimate of drug-likeness (QED) is 0.873. The molecule has 0 amide bonds. The summed E-state index contributed by atoms with van der Waals surface area (Å²) in [4.78, 5) is 23.1. The summed E-state index contributed by atoms with van der Waals surface area (Å²) >= 11 is 0. The summed E-state index contributed by atoms with van der Waals surface area (Å²) in [5.74, 6) is -1.63. The van der Waals surface area contributed by atoms with Crippen LogP contribution in [-0.4, -0.2) is 17.0 Å². The zero-order valence-electron chi connectivity index (χ0n) is 11.9. The first-order valence-electron chi connectivity index (χ1n) is 6.52. The van der Waals surface area contributed by atoms with Gasteiger partial charge in [-0.3, -0.25) is 0 Å². The molecule has 0 bridgehead atoms. The van der Waals surface area contributed by atoms with E-state index in [1.165, 1.54) is 24.3 Å². The van der Waals surface area contributed by atoms with Gasteiger partial charge < -0.3 is 9.84 Å². The fraction of sp³-hybridized carbons (Fsp3) is 0.176. The molecular formula is C17H16O4. The third-order valence-electron chi connectivity index (χ3n) is 3.16. The van der Waals surface area contributed by atoms with Gasteiger partial charge in [-0.1, -0.05) is 36.4 Å². The molecule has 0 aliphatic heterocycles. The van der Waals surface area contributed by atoms with Gasteiger partial charge in [-0.25, -0.2) is 9.59 Å². The van der Waals surface area contributed by atoms with Crippen LogP contribution in [0.4, 0.5) is 0 Å². The van der Waals surface area contributed by atoms with Gasteiger partial charge in [0.25, 0.3) is 0 Å². The van der Waals surface area contributed by atoms with Crippen LogP contribution in [0.5, 0.6) is 0 Å². The summed E-state index contributed by atoms with van der Waals surface area (Å²) in [6.45, 7) is 3.59. The molecule has 0 fully saturated rings. The molecule has 0 aromatic heterocycles. The van der Waals surface area contributed by atoms with Gasteiger partial charge in [0.15, 0.2) is 0 Å². The second-order valence-corrected chi connectivity index (χ2v) is 5.15. The molecule has 0 radical (unpaired) electrons. The standard InChI is InChI=1S/C17H16O4/c1-17(2,14-9-4-3-5-10-14)21-16(20)13-8-6-7-12(11-13)15(18)19/h3-11H,1-2H3,(H,18,19). The van der Waals surface area contributed by atoms with Gasteiger partial charge in [0.05, 0.1) is 11.1 Å². The predicted octanol–water partition coefficient (Wildman–Crippen LogP) is 3.48. The molecule has 0 spiro atoms. The Morgan fingerprint density at radius 2 is 1.57 bits per heavy atom. The molecule has 2 aromatic rings. The second-order valence-electron chi connectivity index (χ2n) is 5.15. The van der Waals surface area contributed by atoms with Gasteiger partial charge in [0, 0.05) is 0 Å². The van der Waals surface area contributed by atoms with Crippen LogP contribution in [0.3, 0.4) is 0 Å². The number of carbonyl (C=O) groups excluding carboxylic acids is 1. The van der Waals surface area contributed by atoms with Crippen molar-refractivity contribution >= 4 is 11.9 Å². The highest BCUT2D eigenvalue weighted by atomic mass is 16.6. The zero-order valence-corrected chi connectivity index (χ0v) is 11.9. The summed E-state index contributed by atoms with van der Waals surface area (Å²) in [6.07, 6.45) is 0. The number of carbonyl (C=O) groups is 2. The van der Waals surface area contributed by atoms with Crippen molar-refractivity contribution in [1.82, 2.24) is 0 Å². The molecule has 108 valence electrons. The summed E-state index contributed by atoms with van der Waals surface area (Å²) in [5.41, 5.74) is 0.353. The first-order valence-corrected chi connectivity index (χ1v) is 6.52. The topological polar surface area (TPSA) is 63.6 Å². The summed E-state index contributed by atoms with van der Waals surface area (Å²) in [7, 11) is 0. The lowest BCUT2D eigenvalue weighted by Gasteiger charge is -2.25. The molecule has 4 heteroatoms. The molecule has 0 aliphatic carbocycles. The molecule has 0 aliphatic rings. The largest absolute Gasteiger partial charge is 0.478 e. The smallest absolute Gasteiger partial charge is 0.339 e. The Morgan fingerprint density at radius 3 is 2.19 bits per heavy atom. The average molecular weight is 284 g/mol. The van der Waals surface area contributed by atoms with Crippen LogP contribution in [0.25, 0.3) is 0 Å². The van der Waals surface area contributed by atoms with Crippen molar-refractivity contribution in [1.29, 1.82) is 0 Å². The normalized spacial score (nSPS) is 11.0. The van der Waals surface area contributed by atoms with E-state index in [1.807, 2.05) is 30.3 Å². The van der Waals surface area contributed by atoms with Gasteiger partial charge >= 0.3 is 11.9 Å². The van der Waals surface area contributed by atoms with Gasteiger partial charge in [-0.2, -0.15) is 0 Å². The molecular weight excluding hydrogens is 268 g/mol. The number of hydrogen-bond donors (Lipinski definition) is 1. The van der Waals surface area contributed by atoms with E-state index in [0.29, 0.717) is 0 Å². The van der Waals surface area contributed by atoms with Gasteiger partial charge in [-0.05, 0) is 37.6 Å². The Morgan fingerprint density at radius 1 is 0.952 bits per heavy atom. The third-order valence-corrected chi connectivity index (χ3v) is 3.16. The molecule has 0 unspecified atom stereocenters. The van der Waals surface area contributed by atoms with Crippen molar-refractivity contribution in [3.05, 3.63) is 71.3 Å². The monoisotopic (exact) mass is 284 g/mol. The number of esters is 1. The maximum atomic E-state index is 12.2. The van der Waals surface area contributed by atoms with Crippen molar-refractivity contribution in [2.24, 2.45) is 0 Å². The van der Waals surface area contributed by atoms with Crippen LogP contribution in [0.2, 0.25) is 0 Å². The second kappa shape index (κ2) is 5.79. The van der Waals surface area contributed by atoms with Crippen molar-refractivity contribution in [2.45, 2.75) is 19.4 Å². The average Bonchev–Trinajstić information content (AvgIpc) is 2.48. The lowest BCUT2D eigenvalue weighted by Crippen LogP contribution is -2.25. The van der Waals surface area contributed by atoms with Gasteiger partial charge in [0.2, 0.25) is 0 Å². The van der Waals surface area contributed by atoms with Crippen LogP contribution in [0, 0.1) is 0 Å². The van der Waals surface area contributed by atoms with E-state index in [1.54, 1.807) is 13.8 Å². The molecule has 0 atom stereocenters. The summed E-state index contributed by atoms with van der Waals surface area (Å²) in [5, 5.41) is 8.95. The van der Waals surface area contributed by atoms with Crippen LogP contribution in [0.15, 0.2) is 54.6 Å². The highest BCUT2D eigenvalue weighted by molar-refractivity contribution is 5.94. The molecule has 21 heavy (non-hydrogen) atoms.